The van der Waals surface area contributed by atoms with E-state index in [0.717, 1.165) is 39.5 Å². The van der Waals surface area contributed by atoms with Gasteiger partial charge in [-0.15, -0.1) is 11.3 Å². The maximum atomic E-state index is 12.8. The van der Waals surface area contributed by atoms with E-state index in [2.05, 4.69) is 17.0 Å². The third-order valence-electron chi connectivity index (χ3n) is 4.98. The summed E-state index contributed by atoms with van der Waals surface area (Å²) in [5, 5.41) is 6.14. The first-order valence-corrected chi connectivity index (χ1v) is 10.6. The van der Waals surface area contributed by atoms with Gasteiger partial charge in [-0.2, -0.15) is 0 Å². The van der Waals surface area contributed by atoms with Crippen LogP contribution in [0.15, 0.2) is 71.1 Å². The highest BCUT2D eigenvalue weighted by Gasteiger charge is 2.16. The second kappa shape index (κ2) is 7.68. The normalized spacial score (nSPS) is 11.2. The third-order valence-corrected chi connectivity index (χ3v) is 5.92. The van der Waals surface area contributed by atoms with Gasteiger partial charge >= 0.3 is 0 Å². The van der Waals surface area contributed by atoms with Crippen LogP contribution < -0.4 is 5.56 Å². The standard InChI is InChI=1S/C23H19N5OS/c1-2-19-21(15-7-4-3-5-8-15)22-25-17(12-20(29)28(22)27-19)11-18-14-30-23(26-18)16-9-6-10-24-13-16/h3-10,12-14,27H,2,11H2,1H3. The largest absolute Gasteiger partial charge is 0.293 e. The van der Waals surface area contributed by atoms with Crippen molar-refractivity contribution in [2.24, 2.45) is 0 Å². The molecule has 1 N–H and O–H groups in total. The van der Waals surface area contributed by atoms with Crippen molar-refractivity contribution in [3.63, 3.8) is 0 Å². The SMILES string of the molecule is CCc1[nH]n2c(=O)cc(Cc3csc(-c4cccnc4)n3)nc2c1-c1ccccc1. The van der Waals surface area contributed by atoms with Crippen LogP contribution >= 0.6 is 11.3 Å². The predicted octanol–water partition coefficient (Wildman–Crippen LogP) is 4.36. The van der Waals surface area contributed by atoms with Gasteiger partial charge in [0.05, 0.1) is 11.4 Å². The molecule has 0 saturated carbocycles. The van der Waals surface area contributed by atoms with Crippen LogP contribution in [0.4, 0.5) is 0 Å². The number of aryl methyl sites for hydroxylation is 1. The number of hydrogen-bond acceptors (Lipinski definition) is 5. The molecule has 0 bridgehead atoms. The number of benzene rings is 1. The fourth-order valence-corrected chi connectivity index (χ4v) is 4.39. The van der Waals surface area contributed by atoms with E-state index < -0.39 is 0 Å². The maximum absolute atomic E-state index is 12.8. The Morgan fingerprint density at radius 3 is 2.63 bits per heavy atom. The van der Waals surface area contributed by atoms with Crippen molar-refractivity contribution in [3.8, 4) is 21.7 Å². The summed E-state index contributed by atoms with van der Waals surface area (Å²) in [5.74, 6) is 0. The second-order valence-corrected chi connectivity index (χ2v) is 7.85. The van der Waals surface area contributed by atoms with Gasteiger partial charge in [0.2, 0.25) is 0 Å². The summed E-state index contributed by atoms with van der Waals surface area (Å²) >= 11 is 1.57. The van der Waals surface area contributed by atoms with Gasteiger partial charge in [0.1, 0.15) is 5.01 Å². The number of aromatic amines is 1. The van der Waals surface area contributed by atoms with Crippen LogP contribution in [-0.2, 0) is 12.8 Å². The number of nitrogens with one attached hydrogen (secondary N) is 1. The summed E-state index contributed by atoms with van der Waals surface area (Å²) in [7, 11) is 0. The number of hydrogen-bond donors (Lipinski definition) is 1. The van der Waals surface area contributed by atoms with Crippen molar-refractivity contribution in [3.05, 3.63) is 93.7 Å². The summed E-state index contributed by atoms with van der Waals surface area (Å²) < 4.78 is 1.53. The highest BCUT2D eigenvalue weighted by Crippen LogP contribution is 2.28. The summed E-state index contributed by atoms with van der Waals surface area (Å²) in [6.45, 7) is 2.07. The highest BCUT2D eigenvalue weighted by molar-refractivity contribution is 7.13. The van der Waals surface area contributed by atoms with E-state index in [0.29, 0.717) is 17.8 Å². The molecule has 0 unspecified atom stereocenters. The monoisotopic (exact) mass is 413 g/mol. The summed E-state index contributed by atoms with van der Waals surface area (Å²) in [4.78, 5) is 26.5. The molecule has 0 amide bonds. The predicted molar refractivity (Wildman–Crippen MR) is 119 cm³/mol. The van der Waals surface area contributed by atoms with Crippen LogP contribution in [0, 0.1) is 0 Å². The van der Waals surface area contributed by atoms with Crippen molar-refractivity contribution >= 4 is 17.0 Å². The lowest BCUT2D eigenvalue weighted by atomic mass is 10.0. The van der Waals surface area contributed by atoms with Crippen molar-refractivity contribution < 1.29 is 0 Å². The molecule has 1 aromatic carbocycles. The summed E-state index contributed by atoms with van der Waals surface area (Å²) in [5.41, 5.74) is 6.15. The molecule has 30 heavy (non-hydrogen) atoms. The van der Waals surface area contributed by atoms with Gasteiger partial charge in [0, 0.05) is 47.1 Å². The van der Waals surface area contributed by atoms with Crippen LogP contribution in [0.3, 0.4) is 0 Å². The Bertz CT molecular complexity index is 1370. The minimum Gasteiger partial charge on any atom is -0.293 e. The number of nitrogens with zero attached hydrogens (tertiary/aromatic N) is 4. The van der Waals surface area contributed by atoms with E-state index in [1.165, 1.54) is 4.52 Å². The number of thiazole rings is 1. The van der Waals surface area contributed by atoms with E-state index in [1.807, 2.05) is 47.8 Å². The molecule has 5 rings (SSSR count). The molecule has 7 heteroatoms. The average molecular weight is 414 g/mol. The fourth-order valence-electron chi connectivity index (χ4n) is 3.58. The van der Waals surface area contributed by atoms with Gasteiger partial charge in [-0.3, -0.25) is 14.9 Å². The Kier molecular flexibility index (Phi) is 4.72. The fraction of sp³-hybridized carbons (Fsp3) is 0.130. The Balaban J connectivity index is 1.56. The zero-order valence-corrected chi connectivity index (χ0v) is 17.2. The van der Waals surface area contributed by atoms with Crippen LogP contribution in [0.25, 0.3) is 27.3 Å². The molecule has 148 valence electrons. The molecular formula is C23H19N5OS. The van der Waals surface area contributed by atoms with Gasteiger partial charge in [-0.25, -0.2) is 14.5 Å². The molecule has 0 fully saturated rings. The molecule has 0 aliphatic heterocycles. The lowest BCUT2D eigenvalue weighted by Gasteiger charge is -2.03. The minimum absolute atomic E-state index is 0.116. The third kappa shape index (κ3) is 3.33. The number of H-pyrrole nitrogens is 1. The van der Waals surface area contributed by atoms with E-state index in [4.69, 9.17) is 9.97 Å². The maximum Gasteiger partial charge on any atom is 0.272 e. The molecule has 0 aliphatic carbocycles. The molecule has 0 atom stereocenters. The van der Waals surface area contributed by atoms with Crippen molar-refractivity contribution in [1.82, 2.24) is 24.6 Å². The molecule has 0 spiro atoms. The van der Waals surface area contributed by atoms with Crippen molar-refractivity contribution in [1.29, 1.82) is 0 Å². The second-order valence-electron chi connectivity index (χ2n) is 6.99. The number of aromatic nitrogens is 5. The van der Waals surface area contributed by atoms with Gasteiger partial charge in [0.25, 0.3) is 5.56 Å². The number of rotatable bonds is 5. The molecule has 6 nitrogen and oxygen atoms in total. The Morgan fingerprint density at radius 1 is 1.03 bits per heavy atom. The Morgan fingerprint density at radius 2 is 1.87 bits per heavy atom. The molecule has 4 heterocycles. The highest BCUT2D eigenvalue weighted by atomic mass is 32.1. The van der Waals surface area contributed by atoms with Gasteiger partial charge < -0.3 is 0 Å². The van der Waals surface area contributed by atoms with Crippen LogP contribution in [0.1, 0.15) is 24.0 Å². The summed E-state index contributed by atoms with van der Waals surface area (Å²) in [6.07, 6.45) is 4.83. The van der Waals surface area contributed by atoms with E-state index >= 15 is 0 Å². The van der Waals surface area contributed by atoms with Crippen LogP contribution in [0.5, 0.6) is 0 Å². The Hall–Kier alpha value is -3.58. The number of pyridine rings is 1. The molecular weight excluding hydrogens is 394 g/mol. The van der Waals surface area contributed by atoms with Crippen LogP contribution in [-0.4, -0.2) is 24.6 Å². The van der Waals surface area contributed by atoms with Crippen molar-refractivity contribution in [2.45, 2.75) is 19.8 Å². The lowest BCUT2D eigenvalue weighted by molar-refractivity contribution is 0.846. The minimum atomic E-state index is -0.116. The smallest absolute Gasteiger partial charge is 0.272 e. The molecule has 0 saturated heterocycles. The van der Waals surface area contributed by atoms with E-state index in [1.54, 1.807) is 29.8 Å². The van der Waals surface area contributed by atoms with Gasteiger partial charge in [-0.1, -0.05) is 37.3 Å². The van der Waals surface area contributed by atoms with E-state index in [9.17, 15) is 4.79 Å². The van der Waals surface area contributed by atoms with Gasteiger partial charge in [-0.05, 0) is 24.1 Å². The first-order chi connectivity index (χ1) is 14.7. The Labute approximate surface area is 176 Å². The topological polar surface area (TPSA) is 75.9 Å². The molecule has 0 aliphatic rings. The molecule has 0 radical (unpaired) electrons. The van der Waals surface area contributed by atoms with Crippen LogP contribution in [0.2, 0.25) is 0 Å². The molecule has 5 aromatic rings. The van der Waals surface area contributed by atoms with Gasteiger partial charge in [0.15, 0.2) is 5.65 Å². The van der Waals surface area contributed by atoms with Crippen molar-refractivity contribution in [2.75, 3.05) is 0 Å². The average Bonchev–Trinajstić information content (AvgIpc) is 3.40. The zero-order chi connectivity index (χ0) is 20.5. The first kappa shape index (κ1) is 18.4. The zero-order valence-electron chi connectivity index (χ0n) is 16.4. The molecule has 4 aromatic heterocycles. The van der Waals surface area contributed by atoms with E-state index in [-0.39, 0.29) is 5.56 Å². The lowest BCUT2D eigenvalue weighted by Crippen LogP contribution is -2.16. The first-order valence-electron chi connectivity index (χ1n) is 9.76. The number of fused-ring (bicyclic) bond motifs is 1. The summed E-state index contributed by atoms with van der Waals surface area (Å²) in [6, 6.07) is 15.5. The quantitative estimate of drug-likeness (QED) is 0.464.